The average Bonchev–Trinajstić information content (AvgIpc) is 2.63. The van der Waals surface area contributed by atoms with Crippen LogP contribution in [-0.4, -0.2) is 28.2 Å². The van der Waals surface area contributed by atoms with Gasteiger partial charge in [-0.3, -0.25) is 0 Å². The van der Waals surface area contributed by atoms with E-state index >= 15 is 0 Å². The van der Waals surface area contributed by atoms with E-state index in [0.717, 1.165) is 21.2 Å². The number of aryl methyl sites for hydroxylation is 1. The van der Waals surface area contributed by atoms with E-state index in [4.69, 9.17) is 4.74 Å². The highest BCUT2D eigenvalue weighted by Gasteiger charge is 2.46. The Kier molecular flexibility index (Phi) is 5.87. The summed E-state index contributed by atoms with van der Waals surface area (Å²) in [7, 11) is 0. The molecule has 0 aromatic heterocycles. The predicted octanol–water partition coefficient (Wildman–Crippen LogP) is 5.72. The number of benzene rings is 2. The summed E-state index contributed by atoms with van der Waals surface area (Å²) in [5.74, 6) is 0. The monoisotopic (exact) mass is 445 g/mol. The molecule has 150 valence electrons. The van der Waals surface area contributed by atoms with E-state index in [2.05, 4.69) is 22.0 Å². The summed E-state index contributed by atoms with van der Waals surface area (Å²) >= 11 is 3.53. The maximum absolute atomic E-state index is 13.0. The van der Waals surface area contributed by atoms with Crippen molar-refractivity contribution in [3.8, 4) is 0 Å². The summed E-state index contributed by atoms with van der Waals surface area (Å²) < 4.78 is 7.12. The minimum absolute atomic E-state index is 0.0878. The van der Waals surface area contributed by atoms with E-state index in [1.54, 1.807) is 18.7 Å². The molecular formula is C23H28BrNO3. The lowest BCUT2D eigenvalue weighted by Gasteiger charge is -2.45. The standard InChI is InChI=1S/C23H28BrNO3/c1-16-14-18(10-11-20(16)24)17(2)25-13-12-23(28-21(25)26,15-22(3,4)27)19-8-6-5-7-9-19/h5-11,14,17,27H,12-13,15H2,1-4H3/t17-,23?/m0/s1. The van der Waals surface area contributed by atoms with Crippen LogP contribution in [0.3, 0.4) is 0 Å². The molecular weight excluding hydrogens is 418 g/mol. The van der Waals surface area contributed by atoms with Gasteiger partial charge in [-0.05, 0) is 50.5 Å². The molecule has 1 saturated heterocycles. The van der Waals surface area contributed by atoms with Crippen LogP contribution in [0.2, 0.25) is 0 Å². The van der Waals surface area contributed by atoms with Crippen molar-refractivity contribution in [3.05, 3.63) is 69.7 Å². The van der Waals surface area contributed by atoms with E-state index in [9.17, 15) is 9.90 Å². The highest BCUT2D eigenvalue weighted by Crippen LogP contribution is 2.42. The first-order chi connectivity index (χ1) is 13.1. The quantitative estimate of drug-likeness (QED) is 0.640. The molecule has 4 nitrogen and oxygen atoms in total. The second-order valence-corrected chi connectivity index (χ2v) is 9.20. The molecule has 0 aliphatic carbocycles. The number of cyclic esters (lactones) is 1. The number of ether oxygens (including phenoxy) is 1. The number of hydrogen-bond donors (Lipinski definition) is 1. The topological polar surface area (TPSA) is 49.8 Å². The fourth-order valence-corrected chi connectivity index (χ4v) is 4.25. The van der Waals surface area contributed by atoms with E-state index < -0.39 is 11.2 Å². The van der Waals surface area contributed by atoms with E-state index in [0.29, 0.717) is 19.4 Å². The first-order valence-corrected chi connectivity index (χ1v) is 10.4. The minimum atomic E-state index is -0.952. The van der Waals surface area contributed by atoms with Crippen molar-refractivity contribution in [1.29, 1.82) is 0 Å². The number of hydrogen-bond acceptors (Lipinski definition) is 3. The second-order valence-electron chi connectivity index (χ2n) is 8.35. The van der Waals surface area contributed by atoms with Gasteiger partial charge >= 0.3 is 6.09 Å². The van der Waals surface area contributed by atoms with E-state index in [-0.39, 0.29) is 12.1 Å². The second kappa shape index (κ2) is 7.88. The van der Waals surface area contributed by atoms with Gasteiger partial charge in [-0.2, -0.15) is 0 Å². The summed E-state index contributed by atoms with van der Waals surface area (Å²) in [5.41, 5.74) is 1.37. The van der Waals surface area contributed by atoms with Crippen molar-refractivity contribution in [2.75, 3.05) is 6.54 Å². The van der Waals surface area contributed by atoms with Crippen LogP contribution in [0.1, 0.15) is 56.3 Å². The van der Waals surface area contributed by atoms with Crippen LogP contribution in [0.4, 0.5) is 4.79 Å². The molecule has 0 saturated carbocycles. The molecule has 5 heteroatoms. The first kappa shape index (κ1) is 20.9. The molecule has 1 amide bonds. The molecule has 0 radical (unpaired) electrons. The fraction of sp³-hybridized carbons (Fsp3) is 0.435. The normalized spacial score (nSPS) is 21.4. The van der Waals surface area contributed by atoms with Crippen LogP contribution >= 0.6 is 15.9 Å². The van der Waals surface area contributed by atoms with Gasteiger partial charge in [0.1, 0.15) is 5.60 Å². The number of halogens is 1. The molecule has 1 aliphatic rings. The summed E-state index contributed by atoms with van der Waals surface area (Å²) in [6, 6.07) is 15.8. The molecule has 0 spiro atoms. The molecule has 0 bridgehead atoms. The van der Waals surface area contributed by atoms with Crippen molar-refractivity contribution < 1.29 is 14.6 Å². The third-order valence-corrected chi connectivity index (χ3v) is 6.31. The number of amides is 1. The van der Waals surface area contributed by atoms with Crippen LogP contribution < -0.4 is 0 Å². The fourth-order valence-electron chi connectivity index (χ4n) is 4.00. The van der Waals surface area contributed by atoms with Crippen LogP contribution in [-0.2, 0) is 10.3 Å². The number of nitrogens with zero attached hydrogens (tertiary/aromatic N) is 1. The largest absolute Gasteiger partial charge is 0.438 e. The first-order valence-electron chi connectivity index (χ1n) is 9.65. The van der Waals surface area contributed by atoms with E-state index in [1.165, 1.54) is 0 Å². The zero-order valence-corrected chi connectivity index (χ0v) is 18.5. The number of aliphatic hydroxyl groups is 1. The molecule has 1 N–H and O–H groups in total. The maximum atomic E-state index is 13.0. The van der Waals surface area contributed by atoms with Gasteiger partial charge in [-0.15, -0.1) is 0 Å². The van der Waals surface area contributed by atoms with Gasteiger partial charge in [0.15, 0.2) is 0 Å². The Bertz CT molecular complexity index is 847. The van der Waals surface area contributed by atoms with Crippen LogP contribution in [0.5, 0.6) is 0 Å². The molecule has 2 atom stereocenters. The summed E-state index contributed by atoms with van der Waals surface area (Å²) in [5, 5.41) is 10.5. The third kappa shape index (κ3) is 4.41. The highest BCUT2D eigenvalue weighted by atomic mass is 79.9. The lowest BCUT2D eigenvalue weighted by atomic mass is 9.80. The minimum Gasteiger partial charge on any atom is -0.438 e. The Balaban J connectivity index is 1.87. The lowest BCUT2D eigenvalue weighted by Crippen LogP contribution is -2.51. The van der Waals surface area contributed by atoms with Gasteiger partial charge in [0, 0.05) is 23.9 Å². The Hall–Kier alpha value is -1.85. The molecule has 2 aromatic carbocycles. The Morgan fingerprint density at radius 2 is 1.93 bits per heavy atom. The van der Waals surface area contributed by atoms with Crippen LogP contribution in [0, 0.1) is 6.92 Å². The number of rotatable bonds is 5. The number of carbonyl (C=O) groups is 1. The zero-order chi connectivity index (χ0) is 20.5. The van der Waals surface area contributed by atoms with Gasteiger partial charge in [0.2, 0.25) is 0 Å². The van der Waals surface area contributed by atoms with Crippen molar-refractivity contribution in [3.63, 3.8) is 0 Å². The molecule has 1 aliphatic heterocycles. The summed E-state index contributed by atoms with van der Waals surface area (Å²) in [6.07, 6.45) is 0.648. The van der Waals surface area contributed by atoms with Crippen molar-refractivity contribution in [2.45, 2.75) is 57.8 Å². The molecule has 1 heterocycles. The molecule has 3 rings (SSSR count). The smallest absolute Gasteiger partial charge is 0.411 e. The van der Waals surface area contributed by atoms with Crippen LogP contribution in [0.15, 0.2) is 53.0 Å². The van der Waals surface area contributed by atoms with Crippen molar-refractivity contribution in [1.82, 2.24) is 4.90 Å². The number of carbonyl (C=O) groups excluding carboxylic acids is 1. The van der Waals surface area contributed by atoms with Gasteiger partial charge in [0.05, 0.1) is 11.6 Å². The van der Waals surface area contributed by atoms with Crippen LogP contribution in [0.25, 0.3) is 0 Å². The van der Waals surface area contributed by atoms with Crippen molar-refractivity contribution in [2.24, 2.45) is 0 Å². The van der Waals surface area contributed by atoms with Gasteiger partial charge < -0.3 is 14.7 Å². The molecule has 1 fully saturated rings. The average molecular weight is 446 g/mol. The molecule has 28 heavy (non-hydrogen) atoms. The molecule has 1 unspecified atom stereocenters. The molecule has 2 aromatic rings. The predicted molar refractivity (Wildman–Crippen MR) is 114 cm³/mol. The van der Waals surface area contributed by atoms with Gasteiger partial charge in [-0.1, -0.05) is 58.4 Å². The lowest BCUT2D eigenvalue weighted by molar-refractivity contribution is -0.101. The highest BCUT2D eigenvalue weighted by molar-refractivity contribution is 9.10. The van der Waals surface area contributed by atoms with Crippen molar-refractivity contribution >= 4 is 22.0 Å². The van der Waals surface area contributed by atoms with E-state index in [1.807, 2.05) is 56.3 Å². The van der Waals surface area contributed by atoms with Gasteiger partial charge in [0.25, 0.3) is 0 Å². The Morgan fingerprint density at radius 3 is 2.50 bits per heavy atom. The SMILES string of the molecule is Cc1cc([C@H](C)N2CCC(CC(C)(C)O)(c3ccccc3)OC2=O)ccc1Br. The van der Waals surface area contributed by atoms with Gasteiger partial charge in [-0.25, -0.2) is 4.79 Å². The Labute approximate surface area is 175 Å². The maximum Gasteiger partial charge on any atom is 0.411 e. The Morgan fingerprint density at radius 1 is 1.25 bits per heavy atom. The summed E-state index contributed by atoms with van der Waals surface area (Å²) in [6.45, 7) is 8.14. The third-order valence-electron chi connectivity index (χ3n) is 5.42. The zero-order valence-electron chi connectivity index (χ0n) is 16.9. The summed E-state index contributed by atoms with van der Waals surface area (Å²) in [4.78, 5) is 14.8.